The van der Waals surface area contributed by atoms with Crippen molar-refractivity contribution in [3.05, 3.63) is 38.7 Å². The number of carbonyl (C=O) groups is 1. The third-order valence-corrected chi connectivity index (χ3v) is 2.75. The maximum Gasteiger partial charge on any atom is 0.362 e. The third-order valence-electron chi connectivity index (χ3n) is 1.95. The van der Waals surface area contributed by atoms with Crippen LogP contribution in [0.1, 0.15) is 6.92 Å². The quantitative estimate of drug-likeness (QED) is 0.379. The third kappa shape index (κ3) is 4.09. The summed E-state index contributed by atoms with van der Waals surface area (Å²) in [6, 6.07) is 2.85. The van der Waals surface area contributed by atoms with Crippen LogP contribution < -0.4 is 0 Å². The number of hydrogen-bond acceptors (Lipinski definition) is 5. The Labute approximate surface area is 124 Å². The Bertz CT molecular complexity index is 543. The lowest BCUT2D eigenvalue weighted by Crippen LogP contribution is -2.04. The number of methoxy groups -OCH3 is 1. The number of hydrogen-bond donors (Lipinski definition) is 1. The Morgan fingerprint density at radius 2 is 1.79 bits per heavy atom. The van der Waals surface area contributed by atoms with E-state index >= 15 is 0 Å². The molecule has 0 aliphatic rings. The molecule has 0 radical (unpaired) electrons. The second-order valence-electron chi connectivity index (χ2n) is 3.34. The molecule has 0 aromatic heterocycles. The molecular formula is C11H9Cl3N2O3. The number of allylic oxidation sites excluding steroid dienone is 1. The van der Waals surface area contributed by atoms with Gasteiger partial charge in [0.25, 0.3) is 0 Å². The minimum absolute atomic E-state index is 0.135. The van der Waals surface area contributed by atoms with Gasteiger partial charge in [0.1, 0.15) is 11.4 Å². The SMILES string of the molecule is COC(=O)/C(N=Nc1c(Cl)cc(Cl)cc1Cl)=C(\C)O. The maximum absolute atomic E-state index is 11.3. The molecule has 0 amide bonds. The molecule has 0 unspecified atom stereocenters. The van der Waals surface area contributed by atoms with Crippen molar-refractivity contribution in [3.8, 4) is 0 Å². The number of rotatable bonds is 3. The second-order valence-corrected chi connectivity index (χ2v) is 4.59. The van der Waals surface area contributed by atoms with Gasteiger partial charge < -0.3 is 9.84 Å². The lowest BCUT2D eigenvalue weighted by molar-refractivity contribution is -0.136. The summed E-state index contributed by atoms with van der Waals surface area (Å²) >= 11 is 17.5. The lowest BCUT2D eigenvalue weighted by atomic mass is 10.3. The fourth-order valence-corrected chi connectivity index (χ4v) is 1.98. The minimum Gasteiger partial charge on any atom is -0.510 e. The van der Waals surface area contributed by atoms with Crippen molar-refractivity contribution in [1.82, 2.24) is 0 Å². The van der Waals surface area contributed by atoms with Crippen LogP contribution in [0.25, 0.3) is 0 Å². The Morgan fingerprint density at radius 1 is 1.26 bits per heavy atom. The van der Waals surface area contributed by atoms with Crippen molar-refractivity contribution < 1.29 is 14.6 Å². The molecule has 0 heterocycles. The summed E-state index contributed by atoms with van der Waals surface area (Å²) in [6.07, 6.45) is 0. The zero-order valence-corrected chi connectivity index (χ0v) is 12.2. The highest BCUT2D eigenvalue weighted by atomic mass is 35.5. The molecule has 0 aliphatic carbocycles. The lowest BCUT2D eigenvalue weighted by Gasteiger charge is -2.02. The van der Waals surface area contributed by atoms with Gasteiger partial charge in [-0.1, -0.05) is 34.8 Å². The average Bonchev–Trinajstić information content (AvgIpc) is 2.31. The highest BCUT2D eigenvalue weighted by Gasteiger charge is 2.14. The van der Waals surface area contributed by atoms with E-state index in [1.54, 1.807) is 0 Å². The molecular weight excluding hydrogens is 314 g/mol. The first-order chi connectivity index (χ1) is 8.86. The second kappa shape index (κ2) is 6.75. The number of esters is 1. The standard InChI is InChI=1S/C11H9Cl3N2O3/c1-5(17)9(11(18)19-2)15-16-10-7(13)3-6(12)4-8(10)14/h3-4,17H,1-2H3/b9-5-,16-15?. The number of carbonyl (C=O) groups excluding carboxylic acids is 1. The Kier molecular flexibility index (Phi) is 5.60. The highest BCUT2D eigenvalue weighted by molar-refractivity contribution is 6.41. The van der Waals surface area contributed by atoms with Gasteiger partial charge in [0.15, 0.2) is 0 Å². The zero-order valence-electron chi connectivity index (χ0n) is 9.95. The van der Waals surface area contributed by atoms with Crippen LogP contribution in [0.4, 0.5) is 5.69 Å². The molecule has 5 nitrogen and oxygen atoms in total. The van der Waals surface area contributed by atoms with Crippen LogP contribution in [0.5, 0.6) is 0 Å². The van der Waals surface area contributed by atoms with Gasteiger partial charge in [0.05, 0.1) is 17.2 Å². The van der Waals surface area contributed by atoms with Crippen LogP contribution in [-0.2, 0) is 9.53 Å². The van der Waals surface area contributed by atoms with Crippen LogP contribution in [0.3, 0.4) is 0 Å². The van der Waals surface area contributed by atoms with E-state index in [2.05, 4.69) is 15.0 Å². The van der Waals surface area contributed by atoms with Crippen LogP contribution in [0.15, 0.2) is 33.8 Å². The number of benzene rings is 1. The molecule has 0 fully saturated rings. The topological polar surface area (TPSA) is 71.2 Å². The first-order valence-corrected chi connectivity index (χ1v) is 6.04. The fraction of sp³-hybridized carbons (Fsp3) is 0.182. The van der Waals surface area contributed by atoms with E-state index in [1.807, 2.05) is 0 Å². The number of aliphatic hydroxyl groups excluding tert-OH is 1. The van der Waals surface area contributed by atoms with E-state index in [4.69, 9.17) is 34.8 Å². The number of halogens is 3. The highest BCUT2D eigenvalue weighted by Crippen LogP contribution is 2.36. The number of nitrogens with zero attached hydrogens (tertiary/aromatic N) is 2. The summed E-state index contributed by atoms with van der Waals surface area (Å²) < 4.78 is 4.44. The molecule has 8 heteroatoms. The van der Waals surface area contributed by atoms with E-state index in [1.165, 1.54) is 19.1 Å². The first-order valence-electron chi connectivity index (χ1n) is 4.91. The van der Waals surface area contributed by atoms with Gasteiger partial charge in [-0.25, -0.2) is 4.79 Å². The van der Waals surface area contributed by atoms with Gasteiger partial charge in [-0.05, 0) is 19.1 Å². The molecule has 1 rings (SSSR count). The average molecular weight is 324 g/mol. The van der Waals surface area contributed by atoms with Gasteiger partial charge in [-0.2, -0.15) is 0 Å². The fourth-order valence-electron chi connectivity index (χ4n) is 1.09. The summed E-state index contributed by atoms with van der Waals surface area (Å²) in [4.78, 5) is 11.3. The van der Waals surface area contributed by atoms with Crippen molar-refractivity contribution in [2.75, 3.05) is 7.11 Å². The van der Waals surface area contributed by atoms with Crippen molar-refractivity contribution in [1.29, 1.82) is 0 Å². The number of azo groups is 1. The van der Waals surface area contributed by atoms with E-state index < -0.39 is 5.97 Å². The van der Waals surface area contributed by atoms with Gasteiger partial charge in [-0.3, -0.25) is 0 Å². The largest absolute Gasteiger partial charge is 0.510 e. The molecule has 1 N–H and O–H groups in total. The number of ether oxygens (including phenoxy) is 1. The summed E-state index contributed by atoms with van der Waals surface area (Å²) in [5.74, 6) is -1.17. The predicted molar refractivity (Wildman–Crippen MR) is 73.3 cm³/mol. The Morgan fingerprint density at radius 3 is 2.21 bits per heavy atom. The Balaban J connectivity index is 3.18. The maximum atomic E-state index is 11.3. The molecule has 0 saturated heterocycles. The first kappa shape index (κ1) is 15.8. The van der Waals surface area contributed by atoms with Crippen molar-refractivity contribution in [3.63, 3.8) is 0 Å². The molecule has 0 saturated carbocycles. The summed E-state index contributed by atoms with van der Waals surface area (Å²) in [7, 11) is 1.16. The summed E-state index contributed by atoms with van der Waals surface area (Å²) in [5, 5.41) is 17.3. The molecule has 0 atom stereocenters. The molecule has 19 heavy (non-hydrogen) atoms. The Hall–Kier alpha value is -1.30. The zero-order chi connectivity index (χ0) is 14.6. The van der Waals surface area contributed by atoms with Crippen molar-refractivity contribution >= 4 is 46.5 Å². The monoisotopic (exact) mass is 322 g/mol. The van der Waals surface area contributed by atoms with E-state index in [9.17, 15) is 9.90 Å². The van der Waals surface area contributed by atoms with Gasteiger partial charge in [-0.15, -0.1) is 10.2 Å². The van der Waals surface area contributed by atoms with E-state index in [0.717, 1.165) is 7.11 Å². The van der Waals surface area contributed by atoms with Crippen LogP contribution in [0, 0.1) is 0 Å². The molecule has 1 aromatic carbocycles. The normalized spacial score (nSPS) is 12.5. The minimum atomic E-state index is -0.829. The number of aliphatic hydroxyl groups is 1. The molecule has 0 aliphatic heterocycles. The van der Waals surface area contributed by atoms with Crippen LogP contribution in [-0.4, -0.2) is 18.2 Å². The van der Waals surface area contributed by atoms with E-state index in [0.29, 0.717) is 5.02 Å². The van der Waals surface area contributed by atoms with Gasteiger partial charge in [0, 0.05) is 5.02 Å². The molecule has 102 valence electrons. The molecule has 0 spiro atoms. The van der Waals surface area contributed by atoms with E-state index in [-0.39, 0.29) is 27.2 Å². The van der Waals surface area contributed by atoms with Crippen molar-refractivity contribution in [2.45, 2.75) is 6.92 Å². The summed E-state index contributed by atoms with van der Waals surface area (Å²) in [5.41, 5.74) is -0.208. The molecule has 0 bridgehead atoms. The summed E-state index contributed by atoms with van der Waals surface area (Å²) in [6.45, 7) is 1.27. The van der Waals surface area contributed by atoms with Gasteiger partial charge >= 0.3 is 5.97 Å². The predicted octanol–water partition coefficient (Wildman–Crippen LogP) is 4.69. The molecule has 1 aromatic rings. The van der Waals surface area contributed by atoms with Gasteiger partial charge in [0.2, 0.25) is 5.70 Å². The van der Waals surface area contributed by atoms with Crippen LogP contribution >= 0.6 is 34.8 Å². The van der Waals surface area contributed by atoms with Crippen molar-refractivity contribution in [2.24, 2.45) is 10.2 Å². The smallest absolute Gasteiger partial charge is 0.362 e. The van der Waals surface area contributed by atoms with Crippen LogP contribution in [0.2, 0.25) is 15.1 Å².